The molecule has 94 valence electrons. The van der Waals surface area contributed by atoms with Gasteiger partial charge in [0.15, 0.2) is 5.96 Å². The number of nitrogens with two attached hydrogens (primary N) is 2. The molecule has 2 fully saturated rings. The van der Waals surface area contributed by atoms with Crippen molar-refractivity contribution < 1.29 is 0 Å². The van der Waals surface area contributed by atoms with Gasteiger partial charge in [0.2, 0.25) is 0 Å². The molecule has 17 heavy (non-hydrogen) atoms. The van der Waals surface area contributed by atoms with E-state index in [0.717, 1.165) is 25.3 Å². The van der Waals surface area contributed by atoms with E-state index in [4.69, 9.17) is 11.5 Å². The molecule has 0 amide bonds. The molecule has 0 aromatic rings. The Balaban J connectivity index is 1.82. The molecule has 0 radical (unpaired) electrons. The van der Waals surface area contributed by atoms with Crippen LogP contribution in [-0.2, 0) is 0 Å². The maximum atomic E-state index is 5.95. The average molecular weight is 235 g/mol. The molecule has 2 heterocycles. The molecule has 5 heteroatoms. The standard InChI is InChI=1S/C12H21N5/c1-12(8-2-3-8)6-10(15-11(14)16-12)17-5-4-9(13)7-17/h6,8-9H,2-5,7,13H2,1H3,(H3,14,15,16)/t9-,12?/m1/s1. The van der Waals surface area contributed by atoms with Crippen LogP contribution in [0.5, 0.6) is 0 Å². The number of guanidine groups is 1. The van der Waals surface area contributed by atoms with Crippen molar-refractivity contribution >= 4 is 5.96 Å². The van der Waals surface area contributed by atoms with Gasteiger partial charge in [-0.3, -0.25) is 0 Å². The Labute approximate surface area is 102 Å². The Kier molecular flexibility index (Phi) is 2.33. The third-order valence-corrected chi connectivity index (χ3v) is 4.02. The fourth-order valence-electron chi connectivity index (χ4n) is 2.82. The number of hydrogen-bond donors (Lipinski definition) is 3. The first kappa shape index (κ1) is 10.9. The van der Waals surface area contributed by atoms with E-state index in [-0.39, 0.29) is 11.6 Å². The molecule has 1 saturated heterocycles. The Morgan fingerprint density at radius 1 is 1.47 bits per heavy atom. The Hall–Kier alpha value is -1.23. The van der Waals surface area contributed by atoms with Crippen LogP contribution in [0, 0.1) is 5.92 Å². The van der Waals surface area contributed by atoms with Crippen LogP contribution in [0.3, 0.4) is 0 Å². The van der Waals surface area contributed by atoms with Gasteiger partial charge in [-0.25, -0.2) is 4.99 Å². The van der Waals surface area contributed by atoms with Gasteiger partial charge in [0, 0.05) is 19.1 Å². The summed E-state index contributed by atoms with van der Waals surface area (Å²) in [5.74, 6) is 2.30. The van der Waals surface area contributed by atoms with Gasteiger partial charge in [-0.2, -0.15) is 0 Å². The maximum absolute atomic E-state index is 5.95. The lowest BCUT2D eigenvalue weighted by molar-refractivity contribution is 0.378. The number of nitrogens with zero attached hydrogens (tertiary/aromatic N) is 2. The van der Waals surface area contributed by atoms with E-state index in [1.807, 2.05) is 0 Å². The highest BCUT2D eigenvalue weighted by Gasteiger charge is 2.42. The maximum Gasteiger partial charge on any atom is 0.195 e. The van der Waals surface area contributed by atoms with Crippen molar-refractivity contribution in [3.05, 3.63) is 11.9 Å². The first-order valence-electron chi connectivity index (χ1n) is 6.42. The highest BCUT2D eigenvalue weighted by Crippen LogP contribution is 2.44. The van der Waals surface area contributed by atoms with Crippen LogP contribution in [0.25, 0.3) is 0 Å². The summed E-state index contributed by atoms with van der Waals surface area (Å²) in [5.41, 5.74) is 11.7. The smallest absolute Gasteiger partial charge is 0.195 e. The molecule has 0 spiro atoms. The summed E-state index contributed by atoms with van der Waals surface area (Å²) in [5, 5.41) is 3.18. The van der Waals surface area contributed by atoms with Gasteiger partial charge in [-0.15, -0.1) is 0 Å². The summed E-state index contributed by atoms with van der Waals surface area (Å²) in [7, 11) is 0. The van der Waals surface area contributed by atoms with Gasteiger partial charge in [-0.05, 0) is 38.2 Å². The fraction of sp³-hybridized carbons (Fsp3) is 0.750. The molecule has 5 N–H and O–H groups in total. The molecule has 3 rings (SSSR count). The average Bonchev–Trinajstić information content (AvgIpc) is 3.01. The molecule has 0 aromatic heterocycles. The second-order valence-electron chi connectivity index (χ2n) is 5.65. The first-order valence-corrected chi connectivity index (χ1v) is 6.42. The summed E-state index contributed by atoms with van der Waals surface area (Å²) in [4.78, 5) is 6.85. The highest BCUT2D eigenvalue weighted by molar-refractivity contribution is 5.81. The molecule has 2 aliphatic heterocycles. The molecule has 5 nitrogen and oxygen atoms in total. The van der Waals surface area contributed by atoms with Crippen molar-refractivity contribution in [1.82, 2.24) is 10.2 Å². The predicted molar refractivity (Wildman–Crippen MR) is 68.1 cm³/mol. The van der Waals surface area contributed by atoms with Gasteiger partial charge in [-0.1, -0.05) is 0 Å². The molecule has 1 saturated carbocycles. The molecule has 1 aliphatic carbocycles. The van der Waals surface area contributed by atoms with E-state index in [1.54, 1.807) is 0 Å². The quantitative estimate of drug-likeness (QED) is 0.627. The van der Waals surface area contributed by atoms with Crippen LogP contribution >= 0.6 is 0 Å². The van der Waals surface area contributed by atoms with Crippen molar-refractivity contribution in [2.24, 2.45) is 22.4 Å². The second-order valence-corrected chi connectivity index (χ2v) is 5.65. The van der Waals surface area contributed by atoms with Gasteiger partial charge in [0.1, 0.15) is 5.82 Å². The third-order valence-electron chi connectivity index (χ3n) is 4.02. The normalized spacial score (nSPS) is 37.5. The van der Waals surface area contributed by atoms with Gasteiger partial charge in [0.05, 0.1) is 5.54 Å². The van der Waals surface area contributed by atoms with Crippen LogP contribution in [-0.4, -0.2) is 35.5 Å². The minimum absolute atomic E-state index is 0.114. The van der Waals surface area contributed by atoms with E-state index >= 15 is 0 Å². The lowest BCUT2D eigenvalue weighted by Crippen LogP contribution is -2.46. The first-order chi connectivity index (χ1) is 8.07. The van der Waals surface area contributed by atoms with Crippen LogP contribution in [0.1, 0.15) is 26.2 Å². The Morgan fingerprint density at radius 2 is 2.24 bits per heavy atom. The van der Waals surface area contributed by atoms with Crippen LogP contribution in [0.15, 0.2) is 16.9 Å². The van der Waals surface area contributed by atoms with E-state index in [2.05, 4.69) is 28.2 Å². The Bertz CT molecular complexity index is 384. The summed E-state index contributed by atoms with van der Waals surface area (Å²) in [6.07, 6.45) is 5.81. The minimum atomic E-state index is -0.114. The summed E-state index contributed by atoms with van der Waals surface area (Å²) in [6.45, 7) is 4.09. The van der Waals surface area contributed by atoms with Gasteiger partial charge in [0.25, 0.3) is 0 Å². The van der Waals surface area contributed by atoms with E-state index in [9.17, 15) is 0 Å². The summed E-state index contributed by atoms with van der Waals surface area (Å²) >= 11 is 0. The molecule has 1 unspecified atom stereocenters. The highest BCUT2D eigenvalue weighted by atomic mass is 15.3. The topological polar surface area (TPSA) is 79.7 Å². The molecular weight excluding hydrogens is 214 g/mol. The van der Waals surface area contributed by atoms with Gasteiger partial charge < -0.3 is 21.7 Å². The zero-order valence-electron chi connectivity index (χ0n) is 10.3. The minimum Gasteiger partial charge on any atom is -0.370 e. The lowest BCUT2D eigenvalue weighted by atomic mass is 9.95. The second kappa shape index (κ2) is 3.63. The summed E-state index contributed by atoms with van der Waals surface area (Å²) in [6, 6.07) is 0.282. The predicted octanol–water partition coefficient (Wildman–Crippen LogP) is -0.0526. The van der Waals surface area contributed by atoms with Crippen molar-refractivity contribution in [2.75, 3.05) is 13.1 Å². The van der Waals surface area contributed by atoms with Crippen LogP contribution < -0.4 is 16.8 Å². The largest absolute Gasteiger partial charge is 0.370 e. The SMILES string of the molecule is CC1(C2CC2)C=C(N2CC[C@@H](N)C2)NC(N)=N1. The molecule has 3 aliphatic rings. The zero-order chi connectivity index (χ0) is 12.0. The van der Waals surface area contributed by atoms with E-state index in [1.165, 1.54) is 12.8 Å². The molecule has 0 aromatic carbocycles. The fourth-order valence-corrected chi connectivity index (χ4v) is 2.82. The van der Waals surface area contributed by atoms with Crippen molar-refractivity contribution in [3.8, 4) is 0 Å². The number of likely N-dealkylation sites (tertiary alicyclic amines) is 1. The number of rotatable bonds is 2. The van der Waals surface area contributed by atoms with Crippen molar-refractivity contribution in [3.63, 3.8) is 0 Å². The van der Waals surface area contributed by atoms with Crippen molar-refractivity contribution in [2.45, 2.75) is 37.8 Å². The number of hydrogen-bond acceptors (Lipinski definition) is 5. The van der Waals surface area contributed by atoms with Crippen LogP contribution in [0.4, 0.5) is 0 Å². The van der Waals surface area contributed by atoms with E-state index in [0.29, 0.717) is 11.9 Å². The zero-order valence-corrected chi connectivity index (χ0v) is 10.3. The summed E-state index contributed by atoms with van der Waals surface area (Å²) < 4.78 is 0. The molecule has 2 atom stereocenters. The van der Waals surface area contributed by atoms with E-state index < -0.39 is 0 Å². The third kappa shape index (κ3) is 1.99. The van der Waals surface area contributed by atoms with Crippen molar-refractivity contribution in [1.29, 1.82) is 0 Å². The monoisotopic (exact) mass is 235 g/mol. The van der Waals surface area contributed by atoms with Gasteiger partial charge >= 0.3 is 0 Å². The Morgan fingerprint density at radius 3 is 2.82 bits per heavy atom. The molecule has 0 bridgehead atoms. The van der Waals surface area contributed by atoms with Crippen LogP contribution in [0.2, 0.25) is 0 Å². The lowest BCUT2D eigenvalue weighted by Gasteiger charge is -2.32. The number of nitrogens with one attached hydrogen (secondary N) is 1. The molecular formula is C12H21N5. The number of aliphatic imine (C=N–C) groups is 1.